The van der Waals surface area contributed by atoms with Gasteiger partial charge in [-0.2, -0.15) is 4.98 Å². The summed E-state index contributed by atoms with van der Waals surface area (Å²) in [4.78, 5) is 22.8. The predicted octanol–water partition coefficient (Wildman–Crippen LogP) is 2.14. The molecule has 2 aliphatic rings. The Hall–Kier alpha value is -2.41. The van der Waals surface area contributed by atoms with E-state index in [1.54, 1.807) is 6.20 Å². The van der Waals surface area contributed by atoms with Crippen LogP contribution in [0.4, 0.5) is 5.82 Å². The number of aromatic nitrogens is 2. The smallest absolute Gasteiger partial charge is 0.224 e. The maximum Gasteiger partial charge on any atom is 0.224 e. The van der Waals surface area contributed by atoms with E-state index >= 15 is 0 Å². The molecule has 0 bridgehead atoms. The highest BCUT2D eigenvalue weighted by Gasteiger charge is 2.25. The van der Waals surface area contributed by atoms with Crippen LogP contribution in [-0.4, -0.2) is 48.8 Å². The summed E-state index contributed by atoms with van der Waals surface area (Å²) in [5, 5.41) is 0.931. The molecular formula is C20H26N4O3. The van der Waals surface area contributed by atoms with E-state index in [1.165, 1.54) is 0 Å². The third-order valence-corrected chi connectivity index (χ3v) is 5.59. The SMILES string of the molecule is NC(=O)[C@H]1CC[C@@H](COc2nc(N3CCOCC3)cc3ncccc23)CC1. The average molecular weight is 370 g/mol. The third kappa shape index (κ3) is 4.13. The zero-order valence-electron chi connectivity index (χ0n) is 15.5. The number of nitrogens with zero attached hydrogens (tertiary/aromatic N) is 3. The van der Waals surface area contributed by atoms with Crippen molar-refractivity contribution in [3.05, 3.63) is 24.4 Å². The monoisotopic (exact) mass is 370 g/mol. The summed E-state index contributed by atoms with van der Waals surface area (Å²) in [7, 11) is 0. The first kappa shape index (κ1) is 18.0. The Balaban J connectivity index is 1.49. The van der Waals surface area contributed by atoms with E-state index in [4.69, 9.17) is 20.2 Å². The van der Waals surface area contributed by atoms with Crippen molar-refractivity contribution in [1.29, 1.82) is 0 Å². The largest absolute Gasteiger partial charge is 0.477 e. The lowest BCUT2D eigenvalue weighted by Gasteiger charge is -2.29. The fourth-order valence-corrected chi connectivity index (χ4v) is 3.91. The fourth-order valence-electron chi connectivity index (χ4n) is 3.91. The van der Waals surface area contributed by atoms with Gasteiger partial charge in [0.1, 0.15) is 5.82 Å². The van der Waals surface area contributed by atoms with Gasteiger partial charge in [0.2, 0.25) is 11.8 Å². The first-order valence-corrected chi connectivity index (χ1v) is 9.71. The second kappa shape index (κ2) is 8.08. The van der Waals surface area contributed by atoms with E-state index < -0.39 is 0 Å². The highest BCUT2D eigenvalue weighted by Crippen LogP contribution is 2.31. The van der Waals surface area contributed by atoms with Gasteiger partial charge in [-0.3, -0.25) is 9.78 Å². The quantitative estimate of drug-likeness (QED) is 0.867. The van der Waals surface area contributed by atoms with E-state index in [0.717, 1.165) is 55.5 Å². The summed E-state index contributed by atoms with van der Waals surface area (Å²) in [6.45, 7) is 3.67. The normalized spacial score (nSPS) is 23.3. The van der Waals surface area contributed by atoms with E-state index in [9.17, 15) is 4.79 Å². The van der Waals surface area contributed by atoms with Crippen LogP contribution in [0.5, 0.6) is 5.88 Å². The maximum absolute atomic E-state index is 11.3. The minimum atomic E-state index is -0.175. The lowest BCUT2D eigenvalue weighted by Crippen LogP contribution is -2.36. The number of pyridine rings is 2. The van der Waals surface area contributed by atoms with Gasteiger partial charge in [-0.05, 0) is 43.7 Å². The molecule has 1 amide bonds. The molecule has 0 aromatic carbocycles. The molecule has 1 aliphatic carbocycles. The minimum absolute atomic E-state index is 0.0223. The molecule has 0 atom stereocenters. The molecule has 1 aliphatic heterocycles. The summed E-state index contributed by atoms with van der Waals surface area (Å²) in [6, 6.07) is 5.92. The molecule has 4 rings (SSSR count). The zero-order valence-corrected chi connectivity index (χ0v) is 15.5. The Morgan fingerprint density at radius 2 is 2.04 bits per heavy atom. The zero-order chi connectivity index (χ0) is 18.6. The Labute approximate surface area is 158 Å². The molecule has 2 aromatic heterocycles. The summed E-state index contributed by atoms with van der Waals surface area (Å²) >= 11 is 0. The van der Waals surface area contributed by atoms with Crippen molar-refractivity contribution in [2.75, 3.05) is 37.8 Å². The number of primary amides is 1. The van der Waals surface area contributed by atoms with Crippen LogP contribution in [0.15, 0.2) is 24.4 Å². The summed E-state index contributed by atoms with van der Waals surface area (Å²) in [5.41, 5.74) is 6.32. The third-order valence-electron chi connectivity index (χ3n) is 5.59. The van der Waals surface area contributed by atoms with Gasteiger partial charge in [0.25, 0.3) is 0 Å². The summed E-state index contributed by atoms with van der Waals surface area (Å²) in [6.07, 6.45) is 5.43. The number of ether oxygens (including phenoxy) is 2. The summed E-state index contributed by atoms with van der Waals surface area (Å²) in [5.74, 6) is 1.80. The van der Waals surface area contributed by atoms with Gasteiger partial charge in [0.05, 0.1) is 30.7 Å². The fraction of sp³-hybridized carbons (Fsp3) is 0.550. The highest BCUT2D eigenvalue weighted by atomic mass is 16.5. The first-order valence-electron chi connectivity index (χ1n) is 9.71. The van der Waals surface area contributed by atoms with Gasteiger partial charge < -0.3 is 20.1 Å². The number of amides is 1. The molecule has 27 heavy (non-hydrogen) atoms. The van der Waals surface area contributed by atoms with Crippen LogP contribution < -0.4 is 15.4 Å². The Bertz CT molecular complexity index is 799. The van der Waals surface area contributed by atoms with Crippen LogP contribution in [0.3, 0.4) is 0 Å². The lowest BCUT2D eigenvalue weighted by atomic mass is 9.82. The Morgan fingerprint density at radius 3 is 2.78 bits per heavy atom. The van der Waals surface area contributed by atoms with E-state index in [0.29, 0.717) is 31.6 Å². The second-order valence-corrected chi connectivity index (χ2v) is 7.39. The number of fused-ring (bicyclic) bond motifs is 1. The molecule has 2 aromatic rings. The van der Waals surface area contributed by atoms with Crippen molar-refractivity contribution in [3.63, 3.8) is 0 Å². The standard InChI is InChI=1S/C20H26N4O3/c21-19(25)15-5-3-14(4-6-15)13-27-20-16-2-1-7-22-17(16)12-18(23-20)24-8-10-26-11-9-24/h1-2,7,12,14-15H,3-6,8-11,13H2,(H2,21,25)/t14-,15+. The predicted molar refractivity (Wildman–Crippen MR) is 103 cm³/mol. The van der Waals surface area contributed by atoms with Gasteiger partial charge in [0, 0.05) is 31.3 Å². The maximum atomic E-state index is 11.3. The average Bonchev–Trinajstić information content (AvgIpc) is 2.72. The van der Waals surface area contributed by atoms with Gasteiger partial charge in [-0.25, -0.2) is 0 Å². The van der Waals surface area contributed by atoms with Crippen molar-refractivity contribution in [2.45, 2.75) is 25.7 Å². The minimum Gasteiger partial charge on any atom is -0.477 e. The number of hydrogen-bond acceptors (Lipinski definition) is 6. The summed E-state index contributed by atoms with van der Waals surface area (Å²) < 4.78 is 11.6. The van der Waals surface area contributed by atoms with E-state index in [1.807, 2.05) is 18.2 Å². The van der Waals surface area contributed by atoms with Crippen LogP contribution in [0.2, 0.25) is 0 Å². The molecule has 1 saturated carbocycles. The van der Waals surface area contributed by atoms with Crippen LogP contribution in [-0.2, 0) is 9.53 Å². The number of nitrogens with two attached hydrogens (primary N) is 1. The van der Waals surface area contributed by atoms with Crippen LogP contribution >= 0.6 is 0 Å². The molecule has 2 N–H and O–H groups in total. The van der Waals surface area contributed by atoms with Gasteiger partial charge in [0.15, 0.2) is 0 Å². The van der Waals surface area contributed by atoms with Gasteiger partial charge in [-0.15, -0.1) is 0 Å². The van der Waals surface area contributed by atoms with Crippen molar-refractivity contribution in [1.82, 2.24) is 9.97 Å². The molecule has 7 heteroatoms. The van der Waals surface area contributed by atoms with Crippen LogP contribution in [0, 0.1) is 11.8 Å². The molecule has 0 radical (unpaired) electrons. The molecule has 0 unspecified atom stereocenters. The number of carbonyl (C=O) groups is 1. The van der Waals surface area contributed by atoms with E-state index in [2.05, 4.69) is 9.88 Å². The molecular weight excluding hydrogens is 344 g/mol. The number of hydrogen-bond donors (Lipinski definition) is 1. The lowest BCUT2D eigenvalue weighted by molar-refractivity contribution is -0.123. The van der Waals surface area contributed by atoms with Crippen LogP contribution in [0.25, 0.3) is 10.9 Å². The molecule has 0 spiro atoms. The number of anilines is 1. The van der Waals surface area contributed by atoms with E-state index in [-0.39, 0.29) is 11.8 Å². The number of morpholine rings is 1. The first-order chi connectivity index (χ1) is 13.2. The molecule has 1 saturated heterocycles. The van der Waals surface area contributed by atoms with Crippen molar-refractivity contribution in [2.24, 2.45) is 17.6 Å². The Kier molecular flexibility index (Phi) is 5.38. The molecule has 2 fully saturated rings. The molecule has 7 nitrogen and oxygen atoms in total. The van der Waals surface area contributed by atoms with Crippen molar-refractivity contribution in [3.8, 4) is 5.88 Å². The highest BCUT2D eigenvalue weighted by molar-refractivity contribution is 5.85. The second-order valence-electron chi connectivity index (χ2n) is 7.39. The Morgan fingerprint density at radius 1 is 1.26 bits per heavy atom. The van der Waals surface area contributed by atoms with Crippen LogP contribution in [0.1, 0.15) is 25.7 Å². The topological polar surface area (TPSA) is 90.6 Å². The van der Waals surface area contributed by atoms with Gasteiger partial charge >= 0.3 is 0 Å². The number of rotatable bonds is 5. The van der Waals surface area contributed by atoms with Gasteiger partial charge in [-0.1, -0.05) is 0 Å². The van der Waals surface area contributed by atoms with Crippen molar-refractivity contribution < 1.29 is 14.3 Å². The number of carbonyl (C=O) groups excluding carboxylic acids is 1. The van der Waals surface area contributed by atoms with Crippen molar-refractivity contribution >= 4 is 22.6 Å². The molecule has 144 valence electrons. The molecule has 3 heterocycles.